The summed E-state index contributed by atoms with van der Waals surface area (Å²) < 4.78 is 23.8. The van der Waals surface area contributed by atoms with Gasteiger partial charge in [0.15, 0.2) is 0 Å². The smallest absolute Gasteiger partial charge is 0.336 e. The standard InChI is InChI=1S/C21H18FNO6/c1-2-12-7-15-13(8-19(25)29-18(15)9-17(12)24)11-28-20(26)10-23-21(27)14-5-3-4-6-16(14)22/h3-9,24H,2,10-11H2,1H3,(H,23,27). The maximum Gasteiger partial charge on any atom is 0.336 e. The molecule has 0 saturated carbocycles. The average molecular weight is 399 g/mol. The van der Waals surface area contributed by atoms with E-state index >= 15 is 0 Å². The first-order valence-corrected chi connectivity index (χ1v) is 8.86. The number of amides is 1. The van der Waals surface area contributed by atoms with Crippen molar-refractivity contribution in [1.82, 2.24) is 5.32 Å². The van der Waals surface area contributed by atoms with Crippen LogP contribution >= 0.6 is 0 Å². The van der Waals surface area contributed by atoms with Gasteiger partial charge in [-0.1, -0.05) is 19.1 Å². The van der Waals surface area contributed by atoms with Gasteiger partial charge in [0.05, 0.1) is 5.56 Å². The van der Waals surface area contributed by atoms with Gasteiger partial charge in [0.1, 0.15) is 30.3 Å². The number of rotatable bonds is 6. The number of carbonyl (C=O) groups excluding carboxylic acids is 2. The summed E-state index contributed by atoms with van der Waals surface area (Å²) in [6.45, 7) is 1.16. The average Bonchev–Trinajstić information content (AvgIpc) is 2.70. The predicted octanol–water partition coefficient (Wildman–Crippen LogP) is 2.67. The number of hydrogen-bond donors (Lipinski definition) is 2. The minimum atomic E-state index is -0.759. The SMILES string of the molecule is CCc1cc2c(COC(=O)CNC(=O)c3ccccc3F)cc(=O)oc2cc1O. The van der Waals surface area contributed by atoms with Gasteiger partial charge in [0, 0.05) is 23.1 Å². The monoisotopic (exact) mass is 399 g/mol. The Bertz CT molecular complexity index is 1140. The van der Waals surface area contributed by atoms with Gasteiger partial charge in [-0.25, -0.2) is 9.18 Å². The number of benzene rings is 2. The van der Waals surface area contributed by atoms with E-state index in [0.717, 1.165) is 6.07 Å². The number of esters is 1. The van der Waals surface area contributed by atoms with Gasteiger partial charge in [0.2, 0.25) is 0 Å². The van der Waals surface area contributed by atoms with E-state index in [1.807, 2.05) is 6.92 Å². The number of aromatic hydroxyl groups is 1. The second-order valence-electron chi connectivity index (χ2n) is 6.24. The summed E-state index contributed by atoms with van der Waals surface area (Å²) in [5, 5.41) is 12.7. The van der Waals surface area contributed by atoms with Gasteiger partial charge in [0.25, 0.3) is 5.91 Å². The zero-order valence-corrected chi connectivity index (χ0v) is 15.5. The van der Waals surface area contributed by atoms with Crippen LogP contribution in [0.3, 0.4) is 0 Å². The number of carbonyl (C=O) groups is 2. The molecule has 2 aromatic carbocycles. The molecular formula is C21H18FNO6. The Morgan fingerprint density at radius 2 is 1.93 bits per heavy atom. The lowest BCUT2D eigenvalue weighted by atomic mass is 10.0. The molecule has 3 rings (SSSR count). The molecule has 1 heterocycles. The highest BCUT2D eigenvalue weighted by Crippen LogP contribution is 2.27. The van der Waals surface area contributed by atoms with Crippen LogP contribution < -0.4 is 10.9 Å². The van der Waals surface area contributed by atoms with Crippen molar-refractivity contribution in [2.75, 3.05) is 6.54 Å². The topological polar surface area (TPSA) is 106 Å². The summed E-state index contributed by atoms with van der Waals surface area (Å²) >= 11 is 0. The molecule has 150 valence electrons. The fraction of sp³-hybridized carbons (Fsp3) is 0.190. The van der Waals surface area contributed by atoms with E-state index in [1.165, 1.54) is 30.3 Å². The van der Waals surface area contributed by atoms with Crippen LogP contribution in [-0.4, -0.2) is 23.5 Å². The Kier molecular flexibility index (Phi) is 5.92. The summed E-state index contributed by atoms with van der Waals surface area (Å²) in [5.41, 5.74) is 0.390. The molecule has 0 bridgehead atoms. The van der Waals surface area contributed by atoms with Crippen molar-refractivity contribution in [1.29, 1.82) is 0 Å². The largest absolute Gasteiger partial charge is 0.508 e. The van der Waals surface area contributed by atoms with Crippen molar-refractivity contribution in [2.24, 2.45) is 0 Å². The lowest BCUT2D eigenvalue weighted by Crippen LogP contribution is -2.31. The third-order valence-corrected chi connectivity index (χ3v) is 4.31. The fourth-order valence-electron chi connectivity index (χ4n) is 2.81. The van der Waals surface area contributed by atoms with E-state index in [0.29, 0.717) is 22.9 Å². The molecule has 1 amide bonds. The van der Waals surface area contributed by atoms with Gasteiger partial charge in [-0.15, -0.1) is 0 Å². The van der Waals surface area contributed by atoms with E-state index in [-0.39, 0.29) is 23.5 Å². The molecule has 0 spiro atoms. The fourth-order valence-corrected chi connectivity index (χ4v) is 2.81. The Balaban J connectivity index is 1.68. The molecule has 0 aliphatic carbocycles. The summed E-state index contributed by atoms with van der Waals surface area (Å²) in [6.07, 6.45) is 0.558. The third-order valence-electron chi connectivity index (χ3n) is 4.31. The normalized spacial score (nSPS) is 10.7. The van der Waals surface area contributed by atoms with Crippen LogP contribution in [0.15, 0.2) is 51.7 Å². The Labute approximate surface area is 164 Å². The molecule has 0 unspecified atom stereocenters. The molecule has 0 aliphatic heterocycles. The molecule has 3 aromatic rings. The number of phenolic OH excluding ortho intramolecular Hbond substituents is 1. The molecule has 0 fully saturated rings. The highest BCUT2D eigenvalue weighted by atomic mass is 19.1. The zero-order valence-electron chi connectivity index (χ0n) is 15.5. The zero-order chi connectivity index (χ0) is 21.0. The summed E-state index contributed by atoms with van der Waals surface area (Å²) in [7, 11) is 0. The number of ether oxygens (including phenoxy) is 1. The van der Waals surface area contributed by atoms with Crippen molar-refractivity contribution in [3.8, 4) is 5.75 Å². The Hall–Kier alpha value is -3.68. The van der Waals surface area contributed by atoms with Crippen LogP contribution in [0.1, 0.15) is 28.4 Å². The van der Waals surface area contributed by atoms with Crippen molar-refractivity contribution < 1.29 is 28.2 Å². The maximum atomic E-state index is 13.6. The number of fused-ring (bicyclic) bond motifs is 1. The van der Waals surface area contributed by atoms with Crippen LogP contribution in [0.25, 0.3) is 11.0 Å². The number of aryl methyl sites for hydroxylation is 1. The molecule has 2 N–H and O–H groups in total. The van der Waals surface area contributed by atoms with E-state index in [2.05, 4.69) is 5.32 Å². The summed E-state index contributed by atoms with van der Waals surface area (Å²) in [6, 6.07) is 9.60. The van der Waals surface area contributed by atoms with Gasteiger partial charge < -0.3 is 19.6 Å². The lowest BCUT2D eigenvalue weighted by molar-refractivity contribution is -0.143. The molecule has 0 aliphatic rings. The van der Waals surface area contributed by atoms with Crippen molar-refractivity contribution in [2.45, 2.75) is 20.0 Å². The van der Waals surface area contributed by atoms with Crippen LogP contribution in [0.5, 0.6) is 5.75 Å². The van der Waals surface area contributed by atoms with Gasteiger partial charge in [-0.3, -0.25) is 9.59 Å². The lowest BCUT2D eigenvalue weighted by Gasteiger charge is -2.10. The van der Waals surface area contributed by atoms with E-state index in [4.69, 9.17) is 9.15 Å². The second kappa shape index (κ2) is 8.55. The van der Waals surface area contributed by atoms with E-state index < -0.39 is 29.9 Å². The second-order valence-corrected chi connectivity index (χ2v) is 6.24. The summed E-state index contributed by atoms with van der Waals surface area (Å²) in [4.78, 5) is 35.6. The number of hydrogen-bond acceptors (Lipinski definition) is 6. The molecule has 29 heavy (non-hydrogen) atoms. The van der Waals surface area contributed by atoms with Crippen molar-refractivity contribution >= 4 is 22.8 Å². The van der Waals surface area contributed by atoms with Gasteiger partial charge >= 0.3 is 11.6 Å². The minimum Gasteiger partial charge on any atom is -0.508 e. The highest BCUT2D eigenvalue weighted by Gasteiger charge is 2.14. The Morgan fingerprint density at radius 3 is 2.66 bits per heavy atom. The maximum absolute atomic E-state index is 13.6. The minimum absolute atomic E-state index is 0.00755. The summed E-state index contributed by atoms with van der Waals surface area (Å²) in [5.74, 6) is -2.19. The molecule has 0 saturated heterocycles. The quantitative estimate of drug-likeness (QED) is 0.488. The van der Waals surface area contributed by atoms with Gasteiger partial charge in [-0.2, -0.15) is 0 Å². The number of nitrogens with one attached hydrogen (secondary N) is 1. The number of phenols is 1. The van der Waals surface area contributed by atoms with Crippen molar-refractivity contribution in [3.63, 3.8) is 0 Å². The van der Waals surface area contributed by atoms with Crippen molar-refractivity contribution in [3.05, 3.63) is 75.4 Å². The molecule has 0 radical (unpaired) electrons. The first kappa shape index (κ1) is 20.1. The molecule has 1 aromatic heterocycles. The van der Waals surface area contributed by atoms with Crippen LogP contribution in [0.4, 0.5) is 4.39 Å². The van der Waals surface area contributed by atoms with Crippen LogP contribution in [0.2, 0.25) is 0 Å². The molecule has 0 atom stereocenters. The van der Waals surface area contributed by atoms with E-state index in [9.17, 15) is 23.9 Å². The third kappa shape index (κ3) is 4.60. The Morgan fingerprint density at radius 1 is 1.17 bits per heavy atom. The van der Waals surface area contributed by atoms with Crippen LogP contribution in [0, 0.1) is 5.82 Å². The molecule has 7 nitrogen and oxygen atoms in total. The molecular weight excluding hydrogens is 381 g/mol. The predicted molar refractivity (Wildman–Crippen MR) is 102 cm³/mol. The highest BCUT2D eigenvalue weighted by molar-refractivity contribution is 5.96. The first-order chi connectivity index (χ1) is 13.9. The first-order valence-electron chi connectivity index (χ1n) is 8.86. The van der Waals surface area contributed by atoms with Gasteiger partial charge in [-0.05, 0) is 30.2 Å². The molecule has 8 heteroatoms. The van der Waals surface area contributed by atoms with E-state index in [1.54, 1.807) is 6.07 Å². The number of halogens is 1. The van der Waals surface area contributed by atoms with Crippen LogP contribution in [-0.2, 0) is 22.6 Å².